The van der Waals surface area contributed by atoms with Gasteiger partial charge in [-0.3, -0.25) is 10.1 Å². The minimum absolute atomic E-state index is 0.378. The van der Waals surface area contributed by atoms with Crippen molar-refractivity contribution in [2.24, 2.45) is 5.73 Å². The number of aliphatic hydroxyl groups excluding tert-OH is 1. The molecule has 0 aliphatic carbocycles. The van der Waals surface area contributed by atoms with Gasteiger partial charge in [0.05, 0.1) is 11.0 Å². The molecule has 9 heteroatoms. The first kappa shape index (κ1) is 14.2. The highest BCUT2D eigenvalue weighted by Gasteiger charge is 2.40. The number of nitrogens with two attached hydrogens (primary N) is 1. The van der Waals surface area contributed by atoms with Crippen molar-refractivity contribution in [3.63, 3.8) is 0 Å². The van der Waals surface area contributed by atoms with E-state index in [1.165, 1.54) is 0 Å². The minimum atomic E-state index is -3.85. The summed E-state index contributed by atoms with van der Waals surface area (Å²) in [6.45, 7) is -1.64. The molecule has 1 aromatic carbocycles. The number of halogens is 3. The summed E-state index contributed by atoms with van der Waals surface area (Å²) in [4.78, 5) is 9.34. The molecule has 0 spiro atoms. The van der Waals surface area contributed by atoms with Crippen molar-refractivity contribution >= 4 is 5.69 Å². The Morgan fingerprint density at radius 3 is 2.50 bits per heavy atom. The van der Waals surface area contributed by atoms with Crippen LogP contribution in [0.25, 0.3) is 0 Å². The van der Waals surface area contributed by atoms with Crippen LogP contribution in [0.2, 0.25) is 0 Å². The second-order valence-corrected chi connectivity index (χ2v) is 3.52. The highest BCUT2D eigenvalue weighted by molar-refractivity contribution is 5.52. The van der Waals surface area contributed by atoms with Crippen LogP contribution in [-0.4, -0.2) is 27.7 Å². The number of benzene rings is 1. The molecule has 0 unspecified atom stereocenters. The molecule has 0 heterocycles. The Labute approximate surface area is 98.6 Å². The summed E-state index contributed by atoms with van der Waals surface area (Å²) in [5.41, 5.74) is 3.14. The van der Waals surface area contributed by atoms with Crippen LogP contribution < -0.4 is 5.73 Å². The Hall–Kier alpha value is -1.87. The number of nitro groups is 1. The summed E-state index contributed by atoms with van der Waals surface area (Å²) in [6, 6.07) is -1.43. The van der Waals surface area contributed by atoms with E-state index >= 15 is 0 Å². The molecule has 1 atom stereocenters. The molecule has 100 valence electrons. The largest absolute Gasteiger partial charge is 0.502 e. The molecular formula is C9H9F3N2O4. The van der Waals surface area contributed by atoms with E-state index < -0.39 is 46.3 Å². The molecule has 18 heavy (non-hydrogen) atoms. The first-order valence-electron chi connectivity index (χ1n) is 4.61. The maximum absolute atomic E-state index is 13.1. The zero-order valence-electron chi connectivity index (χ0n) is 8.81. The highest BCUT2D eigenvalue weighted by atomic mass is 19.3. The maximum Gasteiger partial charge on any atom is 0.313 e. The Kier molecular flexibility index (Phi) is 3.77. The summed E-state index contributed by atoms with van der Waals surface area (Å²) < 4.78 is 39.2. The molecule has 0 aromatic heterocycles. The van der Waals surface area contributed by atoms with E-state index in [1.54, 1.807) is 0 Å². The number of nitrogens with zero attached hydrogens (tertiary/aromatic N) is 1. The van der Waals surface area contributed by atoms with Gasteiger partial charge in [0.1, 0.15) is 18.5 Å². The number of hydrogen-bond acceptors (Lipinski definition) is 5. The van der Waals surface area contributed by atoms with Crippen molar-refractivity contribution in [2.45, 2.75) is 12.0 Å². The summed E-state index contributed by atoms with van der Waals surface area (Å²) in [6.07, 6.45) is 0. The Balaban J connectivity index is 3.37. The number of phenols is 1. The maximum atomic E-state index is 13.1. The molecule has 1 rings (SSSR count). The third-order valence-electron chi connectivity index (χ3n) is 2.28. The molecule has 0 saturated heterocycles. The molecule has 0 saturated carbocycles. The molecule has 0 radical (unpaired) electrons. The summed E-state index contributed by atoms with van der Waals surface area (Å²) in [5, 5.41) is 28.3. The van der Waals surface area contributed by atoms with Gasteiger partial charge in [0.2, 0.25) is 0 Å². The van der Waals surface area contributed by atoms with E-state index in [0.717, 1.165) is 0 Å². The average Bonchev–Trinajstić information content (AvgIpc) is 2.30. The lowest BCUT2D eigenvalue weighted by Crippen LogP contribution is -2.36. The second kappa shape index (κ2) is 4.78. The third kappa shape index (κ3) is 2.51. The standard InChI is InChI=1S/C9H9F3N2O4/c10-4-1-5(8(13)9(11,12)3-15)7(16)6(2-4)14(17)18/h1-2,8,15-16H,3,13H2/t8-/m0/s1. The molecule has 0 bridgehead atoms. The van der Waals surface area contributed by atoms with Gasteiger partial charge in [-0.25, -0.2) is 13.2 Å². The molecular weight excluding hydrogens is 257 g/mol. The zero-order valence-corrected chi connectivity index (χ0v) is 8.81. The van der Waals surface area contributed by atoms with Gasteiger partial charge < -0.3 is 15.9 Å². The lowest BCUT2D eigenvalue weighted by Gasteiger charge is -2.22. The smallest absolute Gasteiger partial charge is 0.313 e. The summed E-state index contributed by atoms with van der Waals surface area (Å²) in [5.74, 6) is -6.19. The van der Waals surface area contributed by atoms with Crippen LogP contribution in [-0.2, 0) is 0 Å². The summed E-state index contributed by atoms with van der Waals surface area (Å²) in [7, 11) is 0. The van der Waals surface area contributed by atoms with Gasteiger partial charge in [-0.05, 0) is 6.07 Å². The predicted octanol–water partition coefficient (Wildman–Crippen LogP) is 1.07. The van der Waals surface area contributed by atoms with Gasteiger partial charge >= 0.3 is 5.69 Å². The Morgan fingerprint density at radius 2 is 2.06 bits per heavy atom. The van der Waals surface area contributed by atoms with Crippen LogP contribution in [0, 0.1) is 15.9 Å². The van der Waals surface area contributed by atoms with Crippen LogP contribution in [0.1, 0.15) is 11.6 Å². The first-order valence-corrected chi connectivity index (χ1v) is 4.61. The molecule has 0 aliphatic heterocycles. The van der Waals surface area contributed by atoms with Gasteiger partial charge in [0.25, 0.3) is 5.92 Å². The SMILES string of the molecule is N[C@@H](c1cc(F)cc([N+](=O)[O-])c1O)C(F)(F)CO. The van der Waals surface area contributed by atoms with Crippen molar-refractivity contribution in [3.05, 3.63) is 33.6 Å². The fourth-order valence-electron chi connectivity index (χ4n) is 1.31. The number of rotatable bonds is 4. The third-order valence-corrected chi connectivity index (χ3v) is 2.28. The quantitative estimate of drug-likeness (QED) is 0.557. The molecule has 0 amide bonds. The average molecular weight is 266 g/mol. The monoisotopic (exact) mass is 266 g/mol. The number of alkyl halides is 2. The summed E-state index contributed by atoms with van der Waals surface area (Å²) >= 11 is 0. The molecule has 6 nitrogen and oxygen atoms in total. The fourth-order valence-corrected chi connectivity index (χ4v) is 1.31. The first-order chi connectivity index (χ1) is 8.20. The minimum Gasteiger partial charge on any atom is -0.502 e. The van der Waals surface area contributed by atoms with E-state index in [-0.39, 0.29) is 0 Å². The van der Waals surface area contributed by atoms with Crippen LogP contribution in [0.3, 0.4) is 0 Å². The van der Waals surface area contributed by atoms with E-state index in [1.807, 2.05) is 0 Å². The number of aromatic hydroxyl groups is 1. The van der Waals surface area contributed by atoms with Crippen LogP contribution >= 0.6 is 0 Å². The topological polar surface area (TPSA) is 110 Å². The molecule has 1 aromatic rings. The van der Waals surface area contributed by atoms with Gasteiger partial charge in [-0.1, -0.05) is 0 Å². The fraction of sp³-hybridized carbons (Fsp3) is 0.333. The van der Waals surface area contributed by atoms with Crippen molar-refractivity contribution in [1.29, 1.82) is 0 Å². The van der Waals surface area contributed by atoms with Crippen molar-refractivity contribution in [2.75, 3.05) is 6.61 Å². The second-order valence-electron chi connectivity index (χ2n) is 3.52. The lowest BCUT2D eigenvalue weighted by atomic mass is 10.00. The predicted molar refractivity (Wildman–Crippen MR) is 53.7 cm³/mol. The molecule has 0 aliphatic rings. The number of hydrogen-bond donors (Lipinski definition) is 3. The zero-order chi connectivity index (χ0) is 14.1. The molecule has 0 fully saturated rings. The molecule has 4 N–H and O–H groups in total. The van der Waals surface area contributed by atoms with E-state index in [9.17, 15) is 28.4 Å². The van der Waals surface area contributed by atoms with Crippen LogP contribution in [0.15, 0.2) is 12.1 Å². The van der Waals surface area contributed by atoms with Gasteiger partial charge in [-0.15, -0.1) is 0 Å². The van der Waals surface area contributed by atoms with E-state index in [4.69, 9.17) is 10.8 Å². The van der Waals surface area contributed by atoms with E-state index in [0.29, 0.717) is 12.1 Å². The lowest BCUT2D eigenvalue weighted by molar-refractivity contribution is -0.386. The Bertz CT molecular complexity index is 481. The van der Waals surface area contributed by atoms with Crippen molar-refractivity contribution in [3.8, 4) is 5.75 Å². The highest BCUT2D eigenvalue weighted by Crippen LogP contribution is 2.39. The normalized spacial score (nSPS) is 13.4. The van der Waals surface area contributed by atoms with Crippen LogP contribution in [0.5, 0.6) is 5.75 Å². The van der Waals surface area contributed by atoms with Crippen LogP contribution in [0.4, 0.5) is 18.9 Å². The number of aliphatic hydroxyl groups is 1. The van der Waals surface area contributed by atoms with Crippen molar-refractivity contribution < 1.29 is 28.3 Å². The van der Waals surface area contributed by atoms with Gasteiger partial charge in [0, 0.05) is 5.56 Å². The number of nitro benzene ring substituents is 1. The van der Waals surface area contributed by atoms with Crippen molar-refractivity contribution in [1.82, 2.24) is 0 Å². The van der Waals surface area contributed by atoms with Gasteiger partial charge in [-0.2, -0.15) is 0 Å². The van der Waals surface area contributed by atoms with E-state index in [2.05, 4.69) is 0 Å². The Morgan fingerprint density at radius 1 is 1.50 bits per heavy atom. The number of phenolic OH excluding ortho intramolecular Hbond substituents is 1. The van der Waals surface area contributed by atoms with Gasteiger partial charge in [0.15, 0.2) is 5.75 Å².